The number of benzene rings is 1. The molecule has 1 aliphatic rings. The van der Waals surface area contributed by atoms with Gasteiger partial charge in [-0.05, 0) is 17.7 Å². The molecule has 1 fully saturated rings. The van der Waals surface area contributed by atoms with Gasteiger partial charge < -0.3 is 50.0 Å². The van der Waals surface area contributed by atoms with E-state index >= 15 is 0 Å². The second-order valence-corrected chi connectivity index (χ2v) is 7.21. The Kier molecular flexibility index (Phi) is 8.49. The van der Waals surface area contributed by atoms with Crippen molar-refractivity contribution in [3.05, 3.63) is 29.8 Å². The molecule has 2 rings (SSSR count). The number of ether oxygens (including phenoxy) is 3. The van der Waals surface area contributed by atoms with Gasteiger partial charge in [-0.25, -0.2) is 4.79 Å². The molecule has 13 heteroatoms. The molecule has 5 atom stereocenters. The quantitative estimate of drug-likeness (QED) is 0.181. The molecular weight excluding hydrogens is 436 g/mol. The summed E-state index contributed by atoms with van der Waals surface area (Å²) in [6, 6.07) is 5.59. The highest BCUT2D eigenvalue weighted by Gasteiger charge is 2.45. The first-order valence-corrected chi connectivity index (χ1v) is 9.36. The molecule has 0 amide bonds. The van der Waals surface area contributed by atoms with Gasteiger partial charge in [0.1, 0.15) is 36.8 Å². The molecular formula is C19H24O13. The average molecular weight is 460 g/mol. The van der Waals surface area contributed by atoms with E-state index in [1.54, 1.807) is 0 Å². The van der Waals surface area contributed by atoms with Crippen LogP contribution >= 0.6 is 0 Å². The van der Waals surface area contributed by atoms with Gasteiger partial charge in [0.15, 0.2) is 5.60 Å². The Bertz CT molecular complexity index is 790. The van der Waals surface area contributed by atoms with Gasteiger partial charge in [0.2, 0.25) is 6.29 Å². The number of rotatable bonds is 10. The summed E-state index contributed by atoms with van der Waals surface area (Å²) in [5.41, 5.74) is -2.36. The Morgan fingerprint density at radius 2 is 1.50 bits per heavy atom. The lowest BCUT2D eigenvalue weighted by atomic mass is 9.96. The zero-order chi connectivity index (χ0) is 24.1. The van der Waals surface area contributed by atoms with E-state index in [4.69, 9.17) is 24.4 Å². The Hall–Kier alpha value is -2.81. The summed E-state index contributed by atoms with van der Waals surface area (Å²) in [7, 11) is 0. The molecule has 0 spiro atoms. The maximum atomic E-state index is 12.1. The number of carbonyl (C=O) groups is 3. The van der Waals surface area contributed by atoms with Crippen LogP contribution in [0, 0.1) is 0 Å². The fourth-order valence-electron chi connectivity index (χ4n) is 2.95. The average Bonchev–Trinajstić information content (AvgIpc) is 2.72. The van der Waals surface area contributed by atoms with E-state index in [2.05, 4.69) is 0 Å². The molecule has 0 aliphatic carbocycles. The lowest BCUT2D eigenvalue weighted by molar-refractivity contribution is -0.277. The Morgan fingerprint density at radius 3 is 2.00 bits per heavy atom. The molecule has 13 nitrogen and oxygen atoms in total. The third-order valence-corrected chi connectivity index (χ3v) is 4.66. The van der Waals surface area contributed by atoms with Gasteiger partial charge in [0.25, 0.3) is 0 Å². The summed E-state index contributed by atoms with van der Waals surface area (Å²) < 4.78 is 15.5. The number of carboxylic acids is 2. The predicted molar refractivity (Wildman–Crippen MR) is 100 cm³/mol. The second-order valence-electron chi connectivity index (χ2n) is 7.21. The van der Waals surface area contributed by atoms with Gasteiger partial charge in [-0.15, -0.1) is 0 Å². The fourth-order valence-corrected chi connectivity index (χ4v) is 2.95. The van der Waals surface area contributed by atoms with E-state index < -0.39 is 80.3 Å². The Labute approximate surface area is 181 Å². The third-order valence-electron chi connectivity index (χ3n) is 4.66. The zero-order valence-electron chi connectivity index (χ0n) is 16.6. The largest absolute Gasteiger partial charge is 0.481 e. The minimum Gasteiger partial charge on any atom is -0.481 e. The zero-order valence-corrected chi connectivity index (χ0v) is 16.6. The number of esters is 1. The first-order valence-electron chi connectivity index (χ1n) is 9.36. The fraction of sp³-hybridized carbons (Fsp3) is 0.526. The van der Waals surface area contributed by atoms with E-state index in [-0.39, 0.29) is 5.75 Å². The van der Waals surface area contributed by atoms with Gasteiger partial charge in [-0.3, -0.25) is 9.59 Å². The first-order chi connectivity index (χ1) is 15.0. The summed E-state index contributed by atoms with van der Waals surface area (Å²) in [6.45, 7) is -1.04. The van der Waals surface area contributed by atoms with E-state index in [1.165, 1.54) is 24.3 Å². The lowest BCUT2D eigenvalue weighted by Gasteiger charge is -2.39. The predicted octanol–water partition coefficient (Wildman–Crippen LogP) is -2.41. The molecule has 32 heavy (non-hydrogen) atoms. The normalized spacial score (nSPS) is 25.7. The number of hydrogen-bond donors (Lipinski definition) is 7. The van der Waals surface area contributed by atoms with E-state index in [9.17, 15) is 39.9 Å². The van der Waals surface area contributed by atoms with Crippen molar-refractivity contribution in [2.75, 3.05) is 6.61 Å². The topological polar surface area (TPSA) is 221 Å². The van der Waals surface area contributed by atoms with Gasteiger partial charge in [0, 0.05) is 0 Å². The van der Waals surface area contributed by atoms with Crippen molar-refractivity contribution < 1.29 is 64.3 Å². The molecule has 5 unspecified atom stereocenters. The maximum Gasteiger partial charge on any atom is 0.339 e. The minimum absolute atomic E-state index is 0.151. The summed E-state index contributed by atoms with van der Waals surface area (Å²) >= 11 is 0. The minimum atomic E-state index is -2.73. The summed E-state index contributed by atoms with van der Waals surface area (Å²) in [5, 5.41) is 66.4. The van der Waals surface area contributed by atoms with Crippen LogP contribution < -0.4 is 4.74 Å². The van der Waals surface area contributed by atoms with Crippen LogP contribution in [0.4, 0.5) is 0 Å². The third kappa shape index (κ3) is 6.35. The van der Waals surface area contributed by atoms with Crippen LogP contribution in [0.3, 0.4) is 0 Å². The van der Waals surface area contributed by atoms with Crippen molar-refractivity contribution in [3.8, 4) is 5.75 Å². The van der Waals surface area contributed by atoms with Crippen LogP contribution in [-0.4, -0.2) is 96.6 Å². The van der Waals surface area contributed by atoms with Crippen LogP contribution in [0.1, 0.15) is 18.4 Å². The highest BCUT2D eigenvalue weighted by molar-refractivity contribution is 5.89. The van der Waals surface area contributed by atoms with Gasteiger partial charge >= 0.3 is 17.9 Å². The molecule has 1 aromatic carbocycles. The van der Waals surface area contributed by atoms with Gasteiger partial charge in [-0.1, -0.05) is 12.1 Å². The monoisotopic (exact) mass is 460 g/mol. The van der Waals surface area contributed by atoms with Crippen LogP contribution in [0.5, 0.6) is 5.75 Å². The van der Waals surface area contributed by atoms with Crippen LogP contribution in [0.25, 0.3) is 0 Å². The van der Waals surface area contributed by atoms with Crippen LogP contribution in [-0.2, 0) is 30.5 Å². The van der Waals surface area contributed by atoms with Crippen LogP contribution in [0.2, 0.25) is 0 Å². The molecule has 0 radical (unpaired) electrons. The van der Waals surface area contributed by atoms with Crippen molar-refractivity contribution >= 4 is 17.9 Å². The Balaban J connectivity index is 1.98. The van der Waals surface area contributed by atoms with E-state index in [0.29, 0.717) is 5.56 Å². The number of carboxylic acid groups (broad SMARTS) is 2. The van der Waals surface area contributed by atoms with Gasteiger partial charge in [0.05, 0.1) is 19.4 Å². The SMILES string of the molecule is O=C(O)CC(O)(CC(=O)O)C(=O)OCc1ccc(OC2OC(CO)C(O)C(O)C2O)cc1. The molecule has 1 aromatic rings. The van der Waals surface area contributed by atoms with Crippen LogP contribution in [0.15, 0.2) is 24.3 Å². The molecule has 0 saturated carbocycles. The number of hydrogen-bond acceptors (Lipinski definition) is 11. The molecule has 0 aromatic heterocycles. The van der Waals surface area contributed by atoms with Crippen molar-refractivity contribution in [2.24, 2.45) is 0 Å². The van der Waals surface area contributed by atoms with Crippen molar-refractivity contribution in [3.63, 3.8) is 0 Å². The highest BCUT2D eigenvalue weighted by Crippen LogP contribution is 2.25. The van der Waals surface area contributed by atoms with Crippen molar-refractivity contribution in [1.82, 2.24) is 0 Å². The lowest BCUT2D eigenvalue weighted by Crippen LogP contribution is -2.60. The molecule has 1 heterocycles. The second kappa shape index (κ2) is 10.7. The smallest absolute Gasteiger partial charge is 0.339 e. The standard InChI is InChI=1S/C19H24O13/c20-7-11-14(25)15(26)16(27)17(32-11)31-10-3-1-9(2-4-10)8-30-18(28)19(29,5-12(21)22)6-13(23)24/h1-4,11,14-17,20,25-27,29H,5-8H2,(H,21,22)(H,23,24). The maximum absolute atomic E-state index is 12.1. The van der Waals surface area contributed by atoms with Crippen molar-refractivity contribution in [1.29, 1.82) is 0 Å². The van der Waals surface area contributed by atoms with Crippen molar-refractivity contribution in [2.45, 2.75) is 55.8 Å². The van der Waals surface area contributed by atoms with E-state index in [1.807, 2.05) is 0 Å². The summed E-state index contributed by atoms with van der Waals surface area (Å²) in [4.78, 5) is 33.7. The molecule has 1 saturated heterocycles. The number of aliphatic hydroxyl groups excluding tert-OH is 4. The molecule has 178 valence electrons. The first kappa shape index (κ1) is 25.5. The number of aliphatic carboxylic acids is 2. The Morgan fingerprint density at radius 1 is 0.938 bits per heavy atom. The molecule has 1 aliphatic heterocycles. The molecule has 0 bridgehead atoms. The highest BCUT2D eigenvalue weighted by atomic mass is 16.7. The van der Waals surface area contributed by atoms with Gasteiger partial charge in [-0.2, -0.15) is 0 Å². The molecule has 7 N–H and O–H groups in total. The summed E-state index contributed by atoms with van der Waals surface area (Å²) in [5.74, 6) is -4.43. The number of aliphatic hydroxyl groups is 5. The van der Waals surface area contributed by atoms with E-state index in [0.717, 1.165) is 0 Å². The number of carbonyl (C=O) groups excluding carboxylic acids is 1. The summed E-state index contributed by atoms with van der Waals surface area (Å²) in [6.07, 6.45) is -9.58.